The van der Waals surface area contributed by atoms with Gasteiger partial charge in [0.2, 0.25) is 0 Å². The molecule has 0 atom stereocenters. The Morgan fingerprint density at radius 2 is 2.19 bits per heavy atom. The molecule has 82 valence electrons. The van der Waals surface area contributed by atoms with Gasteiger partial charge in [0.05, 0.1) is 5.69 Å². The number of nitrogens with zero attached hydrogens (tertiary/aromatic N) is 2. The third kappa shape index (κ3) is 1.57. The van der Waals surface area contributed by atoms with Crippen molar-refractivity contribution in [2.75, 3.05) is 0 Å². The fraction of sp³-hybridized carbons (Fsp3) is 0.333. The summed E-state index contributed by atoms with van der Waals surface area (Å²) in [6, 6.07) is 5.40. The summed E-state index contributed by atoms with van der Waals surface area (Å²) in [5, 5.41) is 0. The van der Waals surface area contributed by atoms with Gasteiger partial charge in [-0.05, 0) is 25.0 Å². The lowest BCUT2D eigenvalue weighted by Crippen LogP contribution is -2.19. The monoisotopic (exact) mass is 278 g/mol. The molecular weight excluding hydrogens is 268 g/mol. The third-order valence-corrected chi connectivity index (χ3v) is 3.67. The van der Waals surface area contributed by atoms with Crippen molar-refractivity contribution in [2.24, 2.45) is 0 Å². The highest BCUT2D eigenvalue weighted by molar-refractivity contribution is 9.10. The molecule has 1 fully saturated rings. The van der Waals surface area contributed by atoms with Crippen LogP contribution in [0.15, 0.2) is 33.7 Å². The van der Waals surface area contributed by atoms with Crippen LogP contribution in [-0.4, -0.2) is 9.38 Å². The van der Waals surface area contributed by atoms with E-state index in [0.29, 0.717) is 5.92 Å². The van der Waals surface area contributed by atoms with Gasteiger partial charge in [-0.25, -0.2) is 4.98 Å². The molecule has 1 aliphatic rings. The van der Waals surface area contributed by atoms with E-state index in [2.05, 4.69) is 20.9 Å². The topological polar surface area (TPSA) is 34.4 Å². The molecule has 0 radical (unpaired) electrons. The molecule has 0 bridgehead atoms. The maximum absolute atomic E-state index is 11.9. The van der Waals surface area contributed by atoms with Crippen molar-refractivity contribution in [3.8, 4) is 0 Å². The van der Waals surface area contributed by atoms with E-state index < -0.39 is 0 Å². The molecule has 0 amide bonds. The molecule has 0 aromatic carbocycles. The maximum Gasteiger partial charge on any atom is 0.258 e. The summed E-state index contributed by atoms with van der Waals surface area (Å²) in [6.07, 6.45) is 5.33. The average Bonchev–Trinajstić information content (AvgIpc) is 2.13. The molecule has 0 unspecified atom stereocenters. The highest BCUT2D eigenvalue weighted by Gasteiger charge is 2.21. The Kier molecular flexibility index (Phi) is 2.32. The lowest BCUT2D eigenvalue weighted by molar-refractivity contribution is 0.411. The first-order valence-corrected chi connectivity index (χ1v) is 6.22. The average molecular weight is 279 g/mol. The smallest absolute Gasteiger partial charge is 0.258 e. The predicted molar refractivity (Wildman–Crippen MR) is 65.8 cm³/mol. The van der Waals surface area contributed by atoms with Crippen molar-refractivity contribution in [2.45, 2.75) is 25.2 Å². The Hall–Kier alpha value is -1.16. The zero-order chi connectivity index (χ0) is 11.1. The fourth-order valence-electron chi connectivity index (χ4n) is 2.01. The SMILES string of the molecule is O=c1cc(C2CCC2)nc2cc(Br)ccn12. The number of halogens is 1. The first-order chi connectivity index (χ1) is 7.74. The molecule has 0 saturated heterocycles. The standard InChI is InChI=1S/C12H11BrN2O/c13-9-4-5-15-11(6-9)14-10(7-12(15)16)8-2-1-3-8/h4-8H,1-3H2. The summed E-state index contributed by atoms with van der Waals surface area (Å²) in [5.41, 5.74) is 1.69. The number of fused-ring (bicyclic) bond motifs is 1. The van der Waals surface area contributed by atoms with Crippen LogP contribution in [0.2, 0.25) is 0 Å². The highest BCUT2D eigenvalue weighted by Crippen LogP contribution is 2.34. The molecule has 1 aliphatic carbocycles. The second-order valence-corrected chi connectivity index (χ2v) is 5.14. The van der Waals surface area contributed by atoms with Crippen LogP contribution in [0.25, 0.3) is 5.65 Å². The van der Waals surface area contributed by atoms with Crippen LogP contribution in [0.5, 0.6) is 0 Å². The lowest BCUT2D eigenvalue weighted by Gasteiger charge is -2.24. The molecular formula is C12H11BrN2O. The predicted octanol–water partition coefficient (Wildman–Crippen LogP) is 2.72. The van der Waals surface area contributed by atoms with Gasteiger partial charge in [0.1, 0.15) is 5.65 Å². The van der Waals surface area contributed by atoms with Crippen molar-refractivity contribution in [3.05, 3.63) is 44.9 Å². The van der Waals surface area contributed by atoms with Crippen LogP contribution in [0, 0.1) is 0 Å². The number of hydrogen-bond donors (Lipinski definition) is 0. The van der Waals surface area contributed by atoms with Gasteiger partial charge in [-0.2, -0.15) is 0 Å². The summed E-state index contributed by atoms with van der Waals surface area (Å²) < 4.78 is 2.53. The van der Waals surface area contributed by atoms with Gasteiger partial charge >= 0.3 is 0 Å². The van der Waals surface area contributed by atoms with E-state index in [1.807, 2.05) is 12.1 Å². The number of rotatable bonds is 1. The van der Waals surface area contributed by atoms with Gasteiger partial charge in [-0.3, -0.25) is 9.20 Å². The minimum atomic E-state index is 0.0133. The normalized spacial score (nSPS) is 16.3. The van der Waals surface area contributed by atoms with Gasteiger partial charge in [-0.15, -0.1) is 0 Å². The van der Waals surface area contributed by atoms with Crippen LogP contribution in [0.1, 0.15) is 30.9 Å². The Bertz CT molecular complexity index is 601. The van der Waals surface area contributed by atoms with Crippen LogP contribution in [0.3, 0.4) is 0 Å². The van der Waals surface area contributed by atoms with E-state index >= 15 is 0 Å². The zero-order valence-electron chi connectivity index (χ0n) is 8.69. The van der Waals surface area contributed by atoms with E-state index in [1.165, 1.54) is 6.42 Å². The zero-order valence-corrected chi connectivity index (χ0v) is 10.3. The van der Waals surface area contributed by atoms with Crippen LogP contribution in [0.4, 0.5) is 0 Å². The number of pyridine rings is 1. The summed E-state index contributed by atoms with van der Waals surface area (Å²) >= 11 is 3.39. The van der Waals surface area contributed by atoms with Crippen molar-refractivity contribution >= 4 is 21.6 Å². The Morgan fingerprint density at radius 3 is 2.88 bits per heavy atom. The van der Waals surface area contributed by atoms with E-state index in [-0.39, 0.29) is 5.56 Å². The Labute approximate surface area is 101 Å². The highest BCUT2D eigenvalue weighted by atomic mass is 79.9. The van der Waals surface area contributed by atoms with E-state index in [9.17, 15) is 4.79 Å². The van der Waals surface area contributed by atoms with Crippen molar-refractivity contribution in [1.82, 2.24) is 9.38 Å². The van der Waals surface area contributed by atoms with Gasteiger partial charge in [0.25, 0.3) is 5.56 Å². The molecule has 1 saturated carbocycles. The number of aromatic nitrogens is 2. The molecule has 2 heterocycles. The molecule has 4 heteroatoms. The minimum Gasteiger partial charge on any atom is -0.269 e. The lowest BCUT2D eigenvalue weighted by atomic mass is 9.83. The molecule has 0 N–H and O–H groups in total. The van der Waals surface area contributed by atoms with Crippen molar-refractivity contribution < 1.29 is 0 Å². The van der Waals surface area contributed by atoms with Crippen molar-refractivity contribution in [3.63, 3.8) is 0 Å². The van der Waals surface area contributed by atoms with E-state index in [1.54, 1.807) is 16.7 Å². The molecule has 0 spiro atoms. The summed E-state index contributed by atoms with van der Waals surface area (Å²) in [5.74, 6) is 0.497. The summed E-state index contributed by atoms with van der Waals surface area (Å²) in [4.78, 5) is 16.4. The van der Waals surface area contributed by atoms with E-state index in [4.69, 9.17) is 0 Å². The number of hydrogen-bond acceptors (Lipinski definition) is 2. The van der Waals surface area contributed by atoms with Crippen molar-refractivity contribution in [1.29, 1.82) is 0 Å². The first-order valence-electron chi connectivity index (χ1n) is 5.43. The Morgan fingerprint density at radius 1 is 1.38 bits per heavy atom. The third-order valence-electron chi connectivity index (χ3n) is 3.17. The van der Waals surface area contributed by atoms with Crippen LogP contribution >= 0.6 is 15.9 Å². The molecule has 3 rings (SSSR count). The Balaban J connectivity index is 2.23. The fourth-order valence-corrected chi connectivity index (χ4v) is 2.33. The van der Waals surface area contributed by atoms with Gasteiger partial charge < -0.3 is 0 Å². The second-order valence-electron chi connectivity index (χ2n) is 4.22. The molecule has 3 nitrogen and oxygen atoms in total. The molecule has 2 aromatic rings. The first kappa shape index (κ1) is 10.0. The van der Waals surface area contributed by atoms with E-state index in [0.717, 1.165) is 28.7 Å². The van der Waals surface area contributed by atoms with Gasteiger partial charge in [0, 0.05) is 22.7 Å². The minimum absolute atomic E-state index is 0.0133. The summed E-state index contributed by atoms with van der Waals surface area (Å²) in [7, 11) is 0. The molecule has 0 aliphatic heterocycles. The second kappa shape index (κ2) is 3.70. The molecule has 16 heavy (non-hydrogen) atoms. The largest absolute Gasteiger partial charge is 0.269 e. The summed E-state index contributed by atoms with van der Waals surface area (Å²) in [6.45, 7) is 0. The maximum atomic E-state index is 11.9. The van der Waals surface area contributed by atoms with Gasteiger partial charge in [-0.1, -0.05) is 22.4 Å². The van der Waals surface area contributed by atoms with Crippen LogP contribution < -0.4 is 5.56 Å². The van der Waals surface area contributed by atoms with Gasteiger partial charge in [0.15, 0.2) is 0 Å². The van der Waals surface area contributed by atoms with Crippen LogP contribution in [-0.2, 0) is 0 Å². The molecule has 2 aromatic heterocycles. The quantitative estimate of drug-likeness (QED) is 0.804.